The number of aromatic hydroxyl groups is 1. The first-order chi connectivity index (χ1) is 9.79. The fraction of sp³-hybridized carbons (Fsp3) is 0.267. The van der Waals surface area contributed by atoms with Crippen molar-refractivity contribution in [1.82, 2.24) is 5.43 Å². The molecule has 6 nitrogen and oxygen atoms in total. The Morgan fingerprint density at radius 3 is 2.52 bits per heavy atom. The van der Waals surface area contributed by atoms with Gasteiger partial charge < -0.3 is 10.8 Å². The van der Waals surface area contributed by atoms with E-state index in [1.165, 1.54) is 6.21 Å². The van der Waals surface area contributed by atoms with Crippen molar-refractivity contribution >= 4 is 25.0 Å². The fourth-order valence-electron chi connectivity index (χ4n) is 1.64. The van der Waals surface area contributed by atoms with Gasteiger partial charge in [-0.15, -0.1) is 15.6 Å². The van der Waals surface area contributed by atoms with Gasteiger partial charge in [-0.1, -0.05) is 33.4 Å². The first kappa shape index (κ1) is 16.4. The van der Waals surface area contributed by atoms with Crippen molar-refractivity contribution in [3.05, 3.63) is 35.4 Å². The fourth-order valence-corrected chi connectivity index (χ4v) is 1.64. The molecular formula is C15H22N5O+. The van der Waals surface area contributed by atoms with Crippen molar-refractivity contribution in [2.45, 2.75) is 26.2 Å². The summed E-state index contributed by atoms with van der Waals surface area (Å²) in [4.78, 5) is 0. The lowest BCUT2D eigenvalue weighted by atomic mass is 9.85. The molecule has 1 aromatic carbocycles. The van der Waals surface area contributed by atoms with Crippen LogP contribution in [-0.2, 0) is 5.41 Å². The Kier molecular flexibility index (Phi) is 5.24. The van der Waals surface area contributed by atoms with E-state index >= 15 is 0 Å². The van der Waals surface area contributed by atoms with E-state index in [1.807, 2.05) is 12.1 Å². The Morgan fingerprint density at radius 2 is 2.00 bits per heavy atom. The summed E-state index contributed by atoms with van der Waals surface area (Å²) in [7, 11) is 0. The number of guanidine groups is 1. The van der Waals surface area contributed by atoms with E-state index in [0.717, 1.165) is 5.56 Å². The summed E-state index contributed by atoms with van der Waals surface area (Å²) in [5.74, 6) is 0.176. The van der Waals surface area contributed by atoms with E-state index in [9.17, 15) is 5.11 Å². The third kappa shape index (κ3) is 4.45. The average Bonchev–Trinajstić information content (AvgIpc) is 2.39. The SMILES string of the molecule is C=Cc1cc(C(C)(C)C)cc(C=N/N=C(\N)N[NH+]=C)c1O. The van der Waals surface area contributed by atoms with E-state index in [-0.39, 0.29) is 17.1 Å². The number of benzene rings is 1. The molecule has 0 aliphatic rings. The predicted octanol–water partition coefficient (Wildman–Crippen LogP) is 0.267. The number of nitrogens with two attached hydrogens (primary N) is 1. The molecule has 0 aliphatic carbocycles. The van der Waals surface area contributed by atoms with Crippen LogP contribution in [-0.4, -0.2) is 24.0 Å². The molecule has 1 rings (SSSR count). The standard InChI is InChI=1S/C15H21N5O/c1-6-10-7-12(15(2,3)4)8-11(13(10)21)9-18-20-14(16)19-17-5/h6-9,21H,1,5H2,2-4H3,(H3,16,19,20)/p+1. The first-order valence-corrected chi connectivity index (χ1v) is 6.44. The van der Waals surface area contributed by atoms with Gasteiger partial charge in [-0.3, -0.25) is 0 Å². The topological polar surface area (TPSA) is 97.0 Å². The lowest BCUT2D eigenvalue weighted by Crippen LogP contribution is -2.80. The van der Waals surface area contributed by atoms with Crippen LogP contribution in [0.15, 0.2) is 28.9 Å². The predicted molar refractivity (Wildman–Crippen MR) is 87.3 cm³/mol. The van der Waals surface area contributed by atoms with Crippen molar-refractivity contribution in [2.24, 2.45) is 15.9 Å². The number of nitrogens with one attached hydrogen (secondary N) is 2. The number of phenols is 1. The quantitative estimate of drug-likeness (QED) is 0.364. The molecule has 0 bridgehead atoms. The largest absolute Gasteiger partial charge is 0.507 e. The zero-order valence-electron chi connectivity index (χ0n) is 12.6. The normalized spacial score (nSPS) is 12.4. The second kappa shape index (κ2) is 6.69. The van der Waals surface area contributed by atoms with E-state index in [1.54, 1.807) is 6.08 Å². The smallest absolute Gasteiger partial charge is 0.269 e. The molecule has 0 heterocycles. The van der Waals surface area contributed by atoms with Crippen molar-refractivity contribution < 1.29 is 10.2 Å². The van der Waals surface area contributed by atoms with E-state index in [2.05, 4.69) is 54.8 Å². The lowest BCUT2D eigenvalue weighted by molar-refractivity contribution is -0.496. The minimum absolute atomic E-state index is 0.0598. The Hall–Kier alpha value is -2.63. The van der Waals surface area contributed by atoms with Crippen molar-refractivity contribution in [1.29, 1.82) is 0 Å². The van der Waals surface area contributed by atoms with Crippen molar-refractivity contribution in [2.75, 3.05) is 0 Å². The monoisotopic (exact) mass is 288 g/mol. The Morgan fingerprint density at radius 1 is 1.38 bits per heavy atom. The minimum atomic E-state index is -0.0598. The highest BCUT2D eigenvalue weighted by atomic mass is 16.3. The number of hydrazone groups is 1. The summed E-state index contributed by atoms with van der Waals surface area (Å²) in [6.45, 7) is 13.3. The molecule has 0 radical (unpaired) electrons. The third-order valence-corrected chi connectivity index (χ3v) is 2.83. The molecule has 112 valence electrons. The number of hydrogen-bond acceptors (Lipinski definition) is 3. The molecule has 0 fully saturated rings. The molecule has 5 N–H and O–H groups in total. The van der Waals surface area contributed by atoms with Crippen molar-refractivity contribution in [3.8, 4) is 5.75 Å². The van der Waals surface area contributed by atoms with Crippen LogP contribution < -0.4 is 16.3 Å². The summed E-state index contributed by atoms with van der Waals surface area (Å²) in [5, 5.41) is 20.1. The zero-order chi connectivity index (χ0) is 16.0. The van der Waals surface area contributed by atoms with Gasteiger partial charge in [-0.25, -0.2) is 0 Å². The average molecular weight is 288 g/mol. The number of hydrogen-bond donors (Lipinski definition) is 4. The van der Waals surface area contributed by atoms with Gasteiger partial charge in [0.05, 0.1) is 6.21 Å². The van der Waals surface area contributed by atoms with E-state index < -0.39 is 0 Å². The second-order valence-electron chi connectivity index (χ2n) is 5.49. The lowest BCUT2D eigenvalue weighted by Gasteiger charge is -2.21. The van der Waals surface area contributed by atoms with Crippen LogP contribution in [0, 0.1) is 0 Å². The summed E-state index contributed by atoms with van der Waals surface area (Å²) in [6.07, 6.45) is 3.04. The molecule has 6 heteroatoms. The van der Waals surface area contributed by atoms with Crippen LogP contribution in [0.1, 0.15) is 37.5 Å². The summed E-state index contributed by atoms with van der Waals surface area (Å²) in [5.41, 5.74) is 10.2. The number of phenolic OH excluding ortho intramolecular Hbond substituents is 1. The molecule has 0 saturated carbocycles. The van der Waals surface area contributed by atoms with Crippen LogP contribution in [0.4, 0.5) is 0 Å². The zero-order valence-corrected chi connectivity index (χ0v) is 12.6. The Bertz CT molecular complexity index is 597. The molecule has 0 atom stereocenters. The molecule has 0 aromatic heterocycles. The molecule has 0 unspecified atom stereocenters. The van der Waals surface area contributed by atoms with Gasteiger partial charge in [-0.05, 0) is 23.1 Å². The van der Waals surface area contributed by atoms with Gasteiger partial charge in [0.25, 0.3) is 5.96 Å². The van der Waals surface area contributed by atoms with Crippen LogP contribution in [0.2, 0.25) is 0 Å². The van der Waals surface area contributed by atoms with Gasteiger partial charge in [-0.2, -0.15) is 5.10 Å². The minimum Gasteiger partial charge on any atom is -0.507 e. The van der Waals surface area contributed by atoms with Crippen LogP contribution in [0.3, 0.4) is 0 Å². The van der Waals surface area contributed by atoms with Gasteiger partial charge in [0.15, 0.2) is 6.72 Å². The molecule has 21 heavy (non-hydrogen) atoms. The number of nitrogens with zero attached hydrogens (tertiary/aromatic N) is 2. The number of rotatable bonds is 4. The highest BCUT2D eigenvalue weighted by Crippen LogP contribution is 2.30. The van der Waals surface area contributed by atoms with Crippen LogP contribution in [0.25, 0.3) is 6.08 Å². The van der Waals surface area contributed by atoms with Crippen LogP contribution in [0.5, 0.6) is 5.75 Å². The highest BCUT2D eigenvalue weighted by molar-refractivity contribution is 5.87. The maximum Gasteiger partial charge on any atom is 0.269 e. The molecule has 0 amide bonds. The summed E-state index contributed by atoms with van der Waals surface area (Å²) in [6, 6.07) is 3.77. The van der Waals surface area contributed by atoms with E-state index in [4.69, 9.17) is 5.73 Å². The first-order valence-electron chi connectivity index (χ1n) is 6.44. The van der Waals surface area contributed by atoms with Gasteiger partial charge >= 0.3 is 0 Å². The highest BCUT2D eigenvalue weighted by Gasteiger charge is 2.17. The maximum absolute atomic E-state index is 10.2. The van der Waals surface area contributed by atoms with Crippen molar-refractivity contribution in [3.63, 3.8) is 0 Å². The third-order valence-electron chi connectivity index (χ3n) is 2.83. The molecule has 0 saturated heterocycles. The molecule has 0 spiro atoms. The van der Waals surface area contributed by atoms with Crippen LogP contribution >= 0.6 is 0 Å². The van der Waals surface area contributed by atoms with Gasteiger partial charge in [0.1, 0.15) is 5.75 Å². The Labute approximate surface area is 124 Å². The summed E-state index contributed by atoms with van der Waals surface area (Å²) < 4.78 is 0. The Balaban J connectivity index is 3.23. The molecule has 1 aromatic rings. The molecule has 0 aliphatic heterocycles. The molecular weight excluding hydrogens is 266 g/mol. The van der Waals surface area contributed by atoms with Gasteiger partial charge in [0.2, 0.25) is 0 Å². The summed E-state index contributed by atoms with van der Waals surface area (Å²) >= 11 is 0. The maximum atomic E-state index is 10.2. The van der Waals surface area contributed by atoms with E-state index in [0.29, 0.717) is 11.1 Å². The number of hydrazine groups is 1. The second-order valence-corrected chi connectivity index (χ2v) is 5.49. The van der Waals surface area contributed by atoms with Gasteiger partial charge in [0, 0.05) is 11.1 Å².